The number of aromatic nitrogens is 1. The molecule has 9 nitrogen and oxygen atoms in total. The van der Waals surface area contributed by atoms with E-state index < -0.39 is 35.2 Å². The predicted octanol–water partition coefficient (Wildman–Crippen LogP) is 10.4. The lowest BCUT2D eigenvalue weighted by atomic mass is 9.97. The zero-order chi connectivity index (χ0) is 36.9. The van der Waals surface area contributed by atoms with Crippen molar-refractivity contribution in [3.8, 4) is 17.2 Å². The topological polar surface area (TPSA) is 100 Å². The molecule has 266 valence electrons. The average Bonchev–Trinajstić information content (AvgIpc) is 3.38. The van der Waals surface area contributed by atoms with Crippen molar-refractivity contribution in [2.24, 2.45) is 0 Å². The lowest BCUT2D eigenvalue weighted by Gasteiger charge is -2.27. The Morgan fingerprint density at radius 3 is 2.12 bits per heavy atom. The van der Waals surface area contributed by atoms with Gasteiger partial charge in [-0.3, -0.25) is 4.84 Å². The minimum Gasteiger partial charge on any atom is -0.487 e. The van der Waals surface area contributed by atoms with E-state index in [4.69, 9.17) is 35.1 Å². The number of hydroxylamine groups is 2. The number of halogens is 4. The monoisotopic (exact) mass is 714 g/mol. The van der Waals surface area contributed by atoms with Crippen LogP contribution in [-0.4, -0.2) is 40.0 Å². The summed E-state index contributed by atoms with van der Waals surface area (Å²) in [6.07, 6.45) is -4.74. The molecule has 1 heterocycles. The predicted molar refractivity (Wildman–Crippen MR) is 181 cm³/mol. The van der Waals surface area contributed by atoms with Crippen molar-refractivity contribution in [1.82, 2.24) is 10.0 Å². The van der Waals surface area contributed by atoms with Crippen LogP contribution in [0.1, 0.15) is 69.7 Å². The lowest BCUT2D eigenvalue weighted by Crippen LogP contribution is -2.40. The molecule has 0 N–H and O–H groups in total. The SMILES string of the molecule is Cc1oc(-c2ccc(C(F)(F)F)cc2)nc1COc1cccc(/C(=C/CN(OC(=O)OC(C)(C)C)C(=O)OC(C)(C)C)c2ccc(Cl)cc2)c1. The molecular weight excluding hydrogens is 677 g/mol. The summed E-state index contributed by atoms with van der Waals surface area (Å²) in [6, 6.07) is 18.7. The number of aryl methyl sites for hydroxylation is 1. The maximum absolute atomic E-state index is 13.1. The average molecular weight is 715 g/mol. The van der Waals surface area contributed by atoms with Gasteiger partial charge in [0, 0.05) is 10.6 Å². The highest BCUT2D eigenvalue weighted by atomic mass is 35.5. The first-order chi connectivity index (χ1) is 23.3. The van der Waals surface area contributed by atoms with Gasteiger partial charge in [-0.05, 0) is 114 Å². The molecule has 0 atom stereocenters. The standard InChI is InChI=1S/C37H38ClF3N2O7/c1-23-31(42-32(47-23)25-11-15-27(16-12-25)37(39,40)41)22-46-29-10-8-9-26(21-29)30(24-13-17-28(38)18-14-24)19-20-43(33(44)48-35(2,3)4)50-34(45)49-36(5,6)7/h8-19,21H,20,22H2,1-7H3/b30-19+. The minimum absolute atomic E-state index is 0.00949. The van der Waals surface area contributed by atoms with Gasteiger partial charge in [0.05, 0.1) is 12.1 Å². The molecule has 0 saturated carbocycles. The van der Waals surface area contributed by atoms with E-state index in [0.29, 0.717) is 38.9 Å². The number of nitrogens with zero attached hydrogens (tertiary/aromatic N) is 2. The van der Waals surface area contributed by atoms with E-state index in [1.54, 1.807) is 97.0 Å². The number of rotatable bonds is 8. The van der Waals surface area contributed by atoms with Gasteiger partial charge < -0.3 is 18.6 Å². The highest BCUT2D eigenvalue weighted by Gasteiger charge is 2.30. The first kappa shape index (κ1) is 37.8. The minimum atomic E-state index is -4.45. The third kappa shape index (κ3) is 11.0. The second-order valence-corrected chi connectivity index (χ2v) is 13.6. The van der Waals surface area contributed by atoms with E-state index in [0.717, 1.165) is 22.8 Å². The Labute approximate surface area is 293 Å². The molecule has 0 saturated heterocycles. The van der Waals surface area contributed by atoms with Crippen LogP contribution in [0.4, 0.5) is 22.8 Å². The van der Waals surface area contributed by atoms with Gasteiger partial charge in [-0.1, -0.05) is 41.9 Å². The molecule has 0 unspecified atom stereocenters. The Hall–Kier alpha value is -4.97. The number of hydrogen-bond acceptors (Lipinski definition) is 8. The van der Waals surface area contributed by atoms with Crippen LogP contribution in [-0.2, 0) is 27.1 Å². The van der Waals surface area contributed by atoms with Crippen molar-refractivity contribution in [3.05, 3.63) is 112 Å². The highest BCUT2D eigenvalue weighted by Crippen LogP contribution is 2.32. The number of benzene rings is 3. The molecule has 0 aliphatic heterocycles. The summed E-state index contributed by atoms with van der Waals surface area (Å²) in [5.41, 5.74) is 0.422. The molecule has 50 heavy (non-hydrogen) atoms. The van der Waals surface area contributed by atoms with Crippen LogP contribution >= 0.6 is 11.6 Å². The molecular formula is C37H38ClF3N2O7. The summed E-state index contributed by atoms with van der Waals surface area (Å²) in [6.45, 7) is 11.6. The van der Waals surface area contributed by atoms with Gasteiger partial charge in [-0.15, -0.1) is 5.06 Å². The Morgan fingerprint density at radius 1 is 0.880 bits per heavy atom. The van der Waals surface area contributed by atoms with Crippen LogP contribution in [0.5, 0.6) is 5.75 Å². The smallest absolute Gasteiger partial charge is 0.487 e. The molecule has 0 radical (unpaired) electrons. The number of oxazole rings is 1. The Bertz CT molecular complexity index is 1820. The number of carbonyl (C=O) groups excluding carboxylic acids is 2. The summed E-state index contributed by atoms with van der Waals surface area (Å²) in [7, 11) is 0. The molecule has 0 aliphatic rings. The molecule has 13 heteroatoms. The fraction of sp³-hybridized carbons (Fsp3) is 0.324. The van der Waals surface area contributed by atoms with Crippen LogP contribution in [0.15, 0.2) is 83.3 Å². The number of ether oxygens (including phenoxy) is 3. The maximum Gasteiger partial charge on any atom is 0.534 e. The number of hydrogen-bond donors (Lipinski definition) is 0. The van der Waals surface area contributed by atoms with E-state index in [-0.39, 0.29) is 19.0 Å². The van der Waals surface area contributed by atoms with E-state index in [1.807, 2.05) is 6.07 Å². The zero-order valence-corrected chi connectivity index (χ0v) is 29.4. The summed E-state index contributed by atoms with van der Waals surface area (Å²) in [5.74, 6) is 1.08. The second-order valence-electron chi connectivity index (χ2n) is 13.1. The summed E-state index contributed by atoms with van der Waals surface area (Å²) < 4.78 is 61.5. The summed E-state index contributed by atoms with van der Waals surface area (Å²) in [4.78, 5) is 35.4. The fourth-order valence-corrected chi connectivity index (χ4v) is 4.54. The van der Waals surface area contributed by atoms with E-state index in [1.165, 1.54) is 12.1 Å². The Kier molecular flexibility index (Phi) is 11.6. The van der Waals surface area contributed by atoms with Crippen LogP contribution in [0.3, 0.4) is 0 Å². The van der Waals surface area contributed by atoms with Crippen molar-refractivity contribution in [1.29, 1.82) is 0 Å². The molecule has 1 amide bonds. The highest BCUT2D eigenvalue weighted by molar-refractivity contribution is 6.30. The van der Waals surface area contributed by atoms with Crippen LogP contribution in [0.25, 0.3) is 17.0 Å². The summed E-state index contributed by atoms with van der Waals surface area (Å²) in [5, 5.41) is 1.30. The van der Waals surface area contributed by atoms with Crippen molar-refractivity contribution >= 4 is 29.4 Å². The van der Waals surface area contributed by atoms with Crippen LogP contribution in [0.2, 0.25) is 5.02 Å². The van der Waals surface area contributed by atoms with Gasteiger partial charge in [0.25, 0.3) is 0 Å². The molecule has 4 aromatic rings. The molecule has 0 fully saturated rings. The van der Waals surface area contributed by atoms with Crippen LogP contribution < -0.4 is 4.74 Å². The van der Waals surface area contributed by atoms with Gasteiger partial charge >= 0.3 is 18.4 Å². The largest absolute Gasteiger partial charge is 0.534 e. The van der Waals surface area contributed by atoms with Gasteiger partial charge in [-0.2, -0.15) is 13.2 Å². The third-order valence-electron chi connectivity index (χ3n) is 6.66. The van der Waals surface area contributed by atoms with Crippen molar-refractivity contribution < 1.29 is 46.2 Å². The first-order valence-electron chi connectivity index (χ1n) is 15.5. The molecule has 0 spiro atoms. The maximum atomic E-state index is 13.1. The number of carbonyl (C=O) groups is 2. The second kappa shape index (κ2) is 15.3. The molecule has 3 aromatic carbocycles. The first-order valence-corrected chi connectivity index (χ1v) is 15.9. The zero-order valence-electron chi connectivity index (χ0n) is 28.7. The summed E-state index contributed by atoms with van der Waals surface area (Å²) >= 11 is 6.17. The Balaban J connectivity index is 1.59. The Morgan fingerprint density at radius 2 is 1.52 bits per heavy atom. The fourth-order valence-electron chi connectivity index (χ4n) is 4.42. The number of alkyl halides is 3. The van der Waals surface area contributed by atoms with E-state index in [2.05, 4.69) is 4.98 Å². The van der Waals surface area contributed by atoms with Crippen molar-refractivity contribution in [3.63, 3.8) is 0 Å². The van der Waals surface area contributed by atoms with Gasteiger partial charge in [0.15, 0.2) is 0 Å². The molecule has 0 bridgehead atoms. The lowest BCUT2D eigenvalue weighted by molar-refractivity contribution is -0.137. The third-order valence-corrected chi connectivity index (χ3v) is 6.91. The van der Waals surface area contributed by atoms with Crippen LogP contribution in [0, 0.1) is 6.92 Å². The van der Waals surface area contributed by atoms with E-state index in [9.17, 15) is 22.8 Å². The number of amides is 1. The van der Waals surface area contributed by atoms with Gasteiger partial charge in [0.1, 0.15) is 35.0 Å². The molecule has 0 aliphatic carbocycles. The van der Waals surface area contributed by atoms with Gasteiger partial charge in [0.2, 0.25) is 5.89 Å². The van der Waals surface area contributed by atoms with Gasteiger partial charge in [-0.25, -0.2) is 14.6 Å². The molecule has 1 aromatic heterocycles. The quantitative estimate of drug-likeness (QED) is 0.131. The van der Waals surface area contributed by atoms with Crippen molar-refractivity contribution in [2.45, 2.75) is 72.5 Å². The van der Waals surface area contributed by atoms with Crippen molar-refractivity contribution in [2.75, 3.05) is 6.54 Å². The normalized spacial score (nSPS) is 12.3. The molecule has 4 rings (SSSR count). The van der Waals surface area contributed by atoms with E-state index >= 15 is 0 Å².